The number of halogens is 4. The highest BCUT2D eigenvalue weighted by molar-refractivity contribution is 6.31. The van der Waals surface area contributed by atoms with E-state index in [9.17, 15) is 8.92 Å². The van der Waals surface area contributed by atoms with Gasteiger partial charge in [-0.25, -0.2) is 4.39 Å². The summed E-state index contributed by atoms with van der Waals surface area (Å²) < 4.78 is 46.8. The zero-order valence-electron chi connectivity index (χ0n) is 21.6. The summed E-state index contributed by atoms with van der Waals surface area (Å²) in [4.78, 5) is 6.00. The van der Waals surface area contributed by atoms with Crippen molar-refractivity contribution in [2.45, 2.75) is 45.1 Å². The molecule has 2 aliphatic rings. The van der Waals surface area contributed by atoms with Gasteiger partial charge in [0.25, 0.3) is 0 Å². The Morgan fingerprint density at radius 3 is 2.66 bits per heavy atom. The Kier molecular flexibility index (Phi) is 9.75. The van der Waals surface area contributed by atoms with Crippen molar-refractivity contribution >= 4 is 17.2 Å². The number of hydrogen-bond acceptors (Lipinski definition) is 3. The monoisotopic (exact) mass is 543 g/mol. The SMILES string of the molecule is C=C(/C=C\C(Cl)=C/C)C1=C(c2ccc(O[C@H]3CCN(CCCF)C3)cc2)c2ccc(OF)c(F)c2CCC1. The second kappa shape index (κ2) is 13.2. The van der Waals surface area contributed by atoms with Crippen molar-refractivity contribution in [3.8, 4) is 11.5 Å². The fourth-order valence-corrected chi connectivity index (χ4v) is 5.23. The van der Waals surface area contributed by atoms with E-state index < -0.39 is 11.6 Å². The van der Waals surface area contributed by atoms with Crippen LogP contribution in [-0.4, -0.2) is 37.3 Å². The van der Waals surface area contributed by atoms with Crippen molar-refractivity contribution in [1.82, 2.24) is 4.90 Å². The summed E-state index contributed by atoms with van der Waals surface area (Å²) in [7, 11) is 0. The molecule has 0 aromatic heterocycles. The van der Waals surface area contributed by atoms with E-state index in [4.69, 9.17) is 16.3 Å². The Bertz CT molecular complexity index is 1240. The molecule has 0 saturated carbocycles. The van der Waals surface area contributed by atoms with E-state index in [0.717, 1.165) is 54.1 Å². The number of allylic oxidation sites excluding steroid dienone is 6. The highest BCUT2D eigenvalue weighted by atomic mass is 35.5. The molecule has 1 fully saturated rings. The third-order valence-corrected chi connectivity index (χ3v) is 7.45. The van der Waals surface area contributed by atoms with Gasteiger partial charge >= 0.3 is 0 Å². The predicted molar refractivity (Wildman–Crippen MR) is 147 cm³/mol. The van der Waals surface area contributed by atoms with Crippen molar-refractivity contribution in [3.05, 3.63) is 99.9 Å². The van der Waals surface area contributed by atoms with Crippen LogP contribution in [0.15, 0.2) is 77.4 Å². The number of ether oxygens (including phenoxy) is 1. The van der Waals surface area contributed by atoms with Crippen LogP contribution in [0, 0.1) is 5.82 Å². The van der Waals surface area contributed by atoms with E-state index in [1.165, 1.54) is 6.07 Å². The first-order chi connectivity index (χ1) is 18.4. The minimum Gasteiger partial charge on any atom is -0.489 e. The largest absolute Gasteiger partial charge is 0.489 e. The average Bonchev–Trinajstić information content (AvgIpc) is 3.28. The highest BCUT2D eigenvalue weighted by Gasteiger charge is 2.26. The Hall–Kier alpha value is -2.96. The molecular formula is C31H33ClF3NO2. The molecule has 0 spiro atoms. The van der Waals surface area contributed by atoms with E-state index in [0.29, 0.717) is 41.8 Å². The molecule has 0 radical (unpaired) electrons. The first-order valence-corrected chi connectivity index (χ1v) is 13.4. The molecule has 3 nitrogen and oxygen atoms in total. The molecule has 0 amide bonds. The van der Waals surface area contributed by atoms with Crippen molar-refractivity contribution in [2.75, 3.05) is 26.3 Å². The lowest BCUT2D eigenvalue weighted by atomic mass is 9.87. The lowest BCUT2D eigenvalue weighted by Gasteiger charge is -2.19. The highest BCUT2D eigenvalue weighted by Crippen LogP contribution is 2.41. The number of fused-ring (bicyclic) bond motifs is 1. The predicted octanol–water partition coefficient (Wildman–Crippen LogP) is 8.29. The zero-order chi connectivity index (χ0) is 27.1. The van der Waals surface area contributed by atoms with Crippen LogP contribution < -0.4 is 9.68 Å². The van der Waals surface area contributed by atoms with E-state index in [1.807, 2.05) is 37.3 Å². The average molecular weight is 544 g/mol. The molecule has 0 bridgehead atoms. The summed E-state index contributed by atoms with van der Waals surface area (Å²) in [6.07, 6.45) is 8.73. The molecule has 202 valence electrons. The molecular weight excluding hydrogens is 511 g/mol. The zero-order valence-corrected chi connectivity index (χ0v) is 22.4. The normalized spacial score (nSPS) is 18.6. The van der Waals surface area contributed by atoms with Gasteiger partial charge < -0.3 is 4.74 Å². The minimum atomic E-state index is -0.680. The molecule has 38 heavy (non-hydrogen) atoms. The Morgan fingerprint density at radius 2 is 1.95 bits per heavy atom. The molecule has 1 aliphatic heterocycles. The first kappa shape index (κ1) is 28.1. The lowest BCUT2D eigenvalue weighted by Crippen LogP contribution is -2.26. The fourth-order valence-electron chi connectivity index (χ4n) is 5.17. The van der Waals surface area contributed by atoms with Crippen molar-refractivity contribution in [1.29, 1.82) is 0 Å². The van der Waals surface area contributed by atoms with Crippen LogP contribution in [0.3, 0.4) is 0 Å². The number of rotatable bonds is 10. The number of hydrogen-bond donors (Lipinski definition) is 0. The summed E-state index contributed by atoms with van der Waals surface area (Å²) in [6, 6.07) is 10.8. The van der Waals surface area contributed by atoms with Crippen LogP contribution >= 0.6 is 11.6 Å². The second-order valence-corrected chi connectivity index (χ2v) is 10.1. The molecule has 1 atom stereocenters. The molecule has 0 N–H and O–H groups in total. The van der Waals surface area contributed by atoms with Crippen LogP contribution in [0.4, 0.5) is 13.3 Å². The lowest BCUT2D eigenvalue weighted by molar-refractivity contribution is -0.0108. The number of nitrogens with zero attached hydrogens (tertiary/aromatic N) is 1. The van der Waals surface area contributed by atoms with E-state index in [2.05, 4.69) is 16.4 Å². The van der Waals surface area contributed by atoms with Crippen molar-refractivity contribution < 1.29 is 23.0 Å². The Morgan fingerprint density at radius 1 is 1.16 bits per heavy atom. The van der Waals surface area contributed by atoms with Gasteiger partial charge in [-0.2, -0.15) is 0 Å². The molecule has 0 unspecified atom stereocenters. The molecule has 4 rings (SSSR count). The van der Waals surface area contributed by atoms with Gasteiger partial charge in [0.2, 0.25) is 5.75 Å². The van der Waals surface area contributed by atoms with Gasteiger partial charge in [0.05, 0.1) is 6.67 Å². The molecule has 1 aliphatic carbocycles. The smallest absolute Gasteiger partial charge is 0.207 e. The number of likely N-dealkylation sites (tertiary alicyclic amines) is 1. The van der Waals surface area contributed by atoms with Gasteiger partial charge in [-0.15, -0.1) is 0 Å². The van der Waals surface area contributed by atoms with Gasteiger partial charge in [0.1, 0.15) is 11.9 Å². The Labute approximate surface area is 227 Å². The second-order valence-electron chi connectivity index (χ2n) is 9.62. The number of alkyl halides is 1. The Balaban J connectivity index is 1.68. The van der Waals surface area contributed by atoms with Crippen molar-refractivity contribution in [3.63, 3.8) is 0 Å². The van der Waals surface area contributed by atoms with Crippen LogP contribution in [0.25, 0.3) is 5.57 Å². The van der Waals surface area contributed by atoms with Gasteiger partial charge in [-0.1, -0.05) is 48.5 Å². The minimum absolute atomic E-state index is 0.0587. The van der Waals surface area contributed by atoms with Crippen LogP contribution in [0.5, 0.6) is 11.5 Å². The third-order valence-electron chi connectivity index (χ3n) is 7.11. The summed E-state index contributed by atoms with van der Waals surface area (Å²) in [5, 5.41) is 0.592. The topological polar surface area (TPSA) is 21.7 Å². The third kappa shape index (κ3) is 6.54. The molecule has 2 aromatic carbocycles. The molecule has 7 heteroatoms. The van der Waals surface area contributed by atoms with Crippen molar-refractivity contribution in [2.24, 2.45) is 0 Å². The van der Waals surface area contributed by atoms with Gasteiger partial charge in [-0.05, 0) is 96.7 Å². The quantitative estimate of drug-likeness (QED) is 0.281. The van der Waals surface area contributed by atoms with Gasteiger partial charge in [0.15, 0.2) is 5.82 Å². The summed E-state index contributed by atoms with van der Waals surface area (Å²) in [5.41, 5.74) is 4.59. The van der Waals surface area contributed by atoms with E-state index in [-0.39, 0.29) is 12.8 Å². The summed E-state index contributed by atoms with van der Waals surface area (Å²) in [6.45, 7) is 8.26. The molecule has 2 aromatic rings. The van der Waals surface area contributed by atoms with Crippen LogP contribution in [0.2, 0.25) is 0 Å². The van der Waals surface area contributed by atoms with Gasteiger partial charge in [-0.3, -0.25) is 14.2 Å². The van der Waals surface area contributed by atoms with Crippen LogP contribution in [-0.2, 0) is 6.42 Å². The van der Waals surface area contributed by atoms with E-state index >= 15 is 4.39 Å². The first-order valence-electron chi connectivity index (χ1n) is 13.0. The number of benzene rings is 2. The van der Waals surface area contributed by atoms with Gasteiger partial charge in [0, 0.05) is 29.2 Å². The molecule has 1 heterocycles. The molecule has 1 saturated heterocycles. The maximum Gasteiger partial charge on any atom is 0.207 e. The fraction of sp³-hybridized carbons (Fsp3) is 0.355. The summed E-state index contributed by atoms with van der Waals surface area (Å²) in [5.74, 6) is -0.348. The van der Waals surface area contributed by atoms with Crippen LogP contribution in [0.1, 0.15) is 49.3 Å². The van der Waals surface area contributed by atoms with E-state index in [1.54, 1.807) is 18.2 Å². The maximum atomic E-state index is 15.2. The maximum absolute atomic E-state index is 15.2. The summed E-state index contributed by atoms with van der Waals surface area (Å²) >= 11 is 6.17. The standard InChI is InChI=1S/C31H33ClF3NO2/c1-3-23(32)11-8-21(2)26-6-4-7-28-27(14-15-29(38-35)31(28)34)30(26)22-9-12-24(13-10-22)37-25-16-19-36(20-25)18-5-17-33/h3,8-15,25H,2,4-7,16-20H2,1H3/b11-8-,23-3+/t25-/m0/s1.